The van der Waals surface area contributed by atoms with Crippen LogP contribution in [0.4, 0.5) is 0 Å². The Hall–Kier alpha value is 0.0500. The molecule has 0 aliphatic heterocycles. The SMILES string of the molecule is CCOP(=O)(Cl)CSc1ccccc1. The molecule has 0 aliphatic rings. The highest BCUT2D eigenvalue weighted by Crippen LogP contribution is 2.55. The summed E-state index contributed by atoms with van der Waals surface area (Å²) in [7, 11) is 0. The monoisotopic (exact) mass is 250 g/mol. The van der Waals surface area contributed by atoms with Crippen molar-refractivity contribution in [3.8, 4) is 0 Å². The molecular weight excluding hydrogens is 239 g/mol. The minimum Gasteiger partial charge on any atom is -0.317 e. The molecule has 0 heterocycles. The van der Waals surface area contributed by atoms with E-state index in [1.165, 1.54) is 11.8 Å². The van der Waals surface area contributed by atoms with E-state index in [4.69, 9.17) is 15.8 Å². The van der Waals surface area contributed by atoms with E-state index in [0.717, 1.165) is 4.90 Å². The van der Waals surface area contributed by atoms with E-state index in [-0.39, 0.29) is 0 Å². The molecule has 0 aliphatic carbocycles. The fraction of sp³-hybridized carbons (Fsp3) is 0.333. The average Bonchev–Trinajstić information content (AvgIpc) is 2.17. The van der Waals surface area contributed by atoms with Crippen LogP contribution in [-0.2, 0) is 9.09 Å². The van der Waals surface area contributed by atoms with Gasteiger partial charge in [0, 0.05) is 4.90 Å². The Kier molecular flexibility index (Phi) is 5.04. The van der Waals surface area contributed by atoms with Crippen molar-refractivity contribution in [1.82, 2.24) is 0 Å². The van der Waals surface area contributed by atoms with Crippen molar-refractivity contribution >= 4 is 29.7 Å². The van der Waals surface area contributed by atoms with Gasteiger partial charge in [-0.25, -0.2) is 0 Å². The molecule has 0 spiro atoms. The van der Waals surface area contributed by atoms with Gasteiger partial charge in [0.25, 0.3) is 6.72 Å². The molecule has 0 saturated carbocycles. The topological polar surface area (TPSA) is 26.3 Å². The van der Waals surface area contributed by atoms with Crippen molar-refractivity contribution < 1.29 is 9.09 Å². The number of thioether (sulfide) groups is 1. The first-order valence-corrected chi connectivity index (χ1v) is 7.95. The highest BCUT2D eigenvalue weighted by atomic mass is 35.7. The molecule has 0 fully saturated rings. The second-order valence-corrected chi connectivity index (χ2v) is 7.37. The van der Waals surface area contributed by atoms with Crippen molar-refractivity contribution in [2.24, 2.45) is 0 Å². The molecule has 1 rings (SSSR count). The molecule has 1 aromatic carbocycles. The van der Waals surface area contributed by atoms with Crippen molar-refractivity contribution in [2.75, 3.05) is 12.1 Å². The van der Waals surface area contributed by atoms with E-state index >= 15 is 0 Å². The summed E-state index contributed by atoms with van der Waals surface area (Å²) >= 11 is 7.15. The molecule has 5 heteroatoms. The van der Waals surface area contributed by atoms with Crippen molar-refractivity contribution in [2.45, 2.75) is 11.8 Å². The normalized spacial score (nSPS) is 15.0. The molecule has 0 saturated heterocycles. The Bertz CT molecular complexity index is 318. The first-order chi connectivity index (χ1) is 6.64. The highest BCUT2D eigenvalue weighted by molar-refractivity contribution is 8.09. The predicted octanol–water partition coefficient (Wildman–Crippen LogP) is 4.20. The zero-order valence-electron chi connectivity index (χ0n) is 7.85. The molecule has 0 N–H and O–H groups in total. The van der Waals surface area contributed by atoms with Crippen molar-refractivity contribution in [1.29, 1.82) is 0 Å². The first-order valence-electron chi connectivity index (χ1n) is 4.25. The van der Waals surface area contributed by atoms with Crippen LogP contribution in [0.2, 0.25) is 0 Å². The summed E-state index contributed by atoms with van der Waals surface area (Å²) in [5.74, 6) is 0. The lowest BCUT2D eigenvalue weighted by Gasteiger charge is -2.08. The number of rotatable bonds is 5. The maximum atomic E-state index is 11.5. The van der Waals surface area contributed by atoms with Crippen LogP contribution >= 0.6 is 29.7 Å². The number of benzene rings is 1. The first kappa shape index (κ1) is 12.1. The maximum absolute atomic E-state index is 11.5. The van der Waals surface area contributed by atoms with Crippen LogP contribution in [0.15, 0.2) is 35.2 Å². The fourth-order valence-corrected chi connectivity index (χ4v) is 3.88. The van der Waals surface area contributed by atoms with E-state index in [9.17, 15) is 4.57 Å². The second kappa shape index (κ2) is 5.82. The van der Waals surface area contributed by atoms with Crippen molar-refractivity contribution in [3.05, 3.63) is 30.3 Å². The van der Waals surface area contributed by atoms with Crippen LogP contribution in [0.5, 0.6) is 0 Å². The molecule has 14 heavy (non-hydrogen) atoms. The second-order valence-electron chi connectivity index (χ2n) is 2.59. The van der Waals surface area contributed by atoms with Gasteiger partial charge in [0.2, 0.25) is 0 Å². The van der Waals surface area contributed by atoms with Crippen LogP contribution in [0.25, 0.3) is 0 Å². The number of hydrogen-bond donors (Lipinski definition) is 0. The van der Waals surface area contributed by atoms with Gasteiger partial charge >= 0.3 is 0 Å². The van der Waals surface area contributed by atoms with Gasteiger partial charge in [0.05, 0.1) is 12.1 Å². The lowest BCUT2D eigenvalue weighted by molar-refractivity contribution is 0.348. The predicted molar refractivity (Wildman–Crippen MR) is 62.3 cm³/mol. The van der Waals surface area contributed by atoms with Gasteiger partial charge < -0.3 is 4.52 Å². The van der Waals surface area contributed by atoms with E-state index in [0.29, 0.717) is 12.1 Å². The number of halogens is 1. The molecule has 0 radical (unpaired) electrons. The number of hydrogen-bond acceptors (Lipinski definition) is 3. The van der Waals surface area contributed by atoms with Crippen molar-refractivity contribution in [3.63, 3.8) is 0 Å². The van der Waals surface area contributed by atoms with Crippen LogP contribution in [-0.4, -0.2) is 12.1 Å². The zero-order chi connectivity index (χ0) is 10.4. The molecule has 0 bridgehead atoms. The summed E-state index contributed by atoms with van der Waals surface area (Å²) in [4.78, 5) is 1.05. The fourth-order valence-electron chi connectivity index (χ4n) is 0.898. The van der Waals surface area contributed by atoms with Crippen LogP contribution in [0, 0.1) is 0 Å². The van der Waals surface area contributed by atoms with Gasteiger partial charge in [-0.3, -0.25) is 4.57 Å². The lowest BCUT2D eigenvalue weighted by atomic mass is 10.4. The van der Waals surface area contributed by atoms with Gasteiger partial charge in [-0.15, -0.1) is 11.8 Å². The summed E-state index contributed by atoms with van der Waals surface area (Å²) in [5.41, 5.74) is 0.312. The lowest BCUT2D eigenvalue weighted by Crippen LogP contribution is -1.86. The molecule has 2 nitrogen and oxygen atoms in total. The average molecular weight is 251 g/mol. The maximum Gasteiger partial charge on any atom is 0.300 e. The highest BCUT2D eigenvalue weighted by Gasteiger charge is 2.18. The summed E-state index contributed by atoms with van der Waals surface area (Å²) < 4.78 is 16.5. The smallest absolute Gasteiger partial charge is 0.300 e. The Balaban J connectivity index is 2.45. The van der Waals surface area contributed by atoms with Crippen LogP contribution in [0.1, 0.15) is 6.92 Å². The molecule has 1 atom stereocenters. The quantitative estimate of drug-likeness (QED) is 0.579. The third-order valence-corrected chi connectivity index (χ3v) is 5.62. The van der Waals surface area contributed by atoms with Crippen LogP contribution < -0.4 is 0 Å². The van der Waals surface area contributed by atoms with Gasteiger partial charge in [0.1, 0.15) is 0 Å². The Labute approximate surface area is 93.2 Å². The minimum absolute atomic E-state index is 0.312. The molecule has 0 amide bonds. The summed E-state index contributed by atoms with van der Waals surface area (Å²) in [6.45, 7) is -0.758. The molecule has 1 aromatic rings. The molecule has 0 aromatic heterocycles. The Morgan fingerprint density at radius 2 is 2.07 bits per heavy atom. The van der Waals surface area contributed by atoms with Gasteiger partial charge in [-0.05, 0) is 30.3 Å². The zero-order valence-corrected chi connectivity index (χ0v) is 10.3. The molecule has 1 unspecified atom stereocenters. The van der Waals surface area contributed by atoms with E-state index in [1.807, 2.05) is 30.3 Å². The van der Waals surface area contributed by atoms with E-state index in [1.54, 1.807) is 6.92 Å². The summed E-state index contributed by atoms with van der Waals surface area (Å²) in [5, 5.41) is 0. The van der Waals surface area contributed by atoms with Gasteiger partial charge in [-0.1, -0.05) is 18.2 Å². The van der Waals surface area contributed by atoms with Gasteiger partial charge in [-0.2, -0.15) is 0 Å². The van der Waals surface area contributed by atoms with Crippen LogP contribution in [0.3, 0.4) is 0 Å². The summed E-state index contributed by atoms with van der Waals surface area (Å²) in [6, 6.07) is 9.71. The summed E-state index contributed by atoms with van der Waals surface area (Å²) in [6.07, 6.45) is 0. The third kappa shape index (κ3) is 4.52. The standard InChI is InChI=1S/C9H12ClO2PS/c1-2-12-13(10,11)8-14-9-6-4-3-5-7-9/h3-7H,2,8H2,1H3. The van der Waals surface area contributed by atoms with E-state index < -0.39 is 6.72 Å². The molecule has 78 valence electrons. The Morgan fingerprint density at radius 1 is 1.43 bits per heavy atom. The minimum atomic E-state index is -2.92. The Morgan fingerprint density at radius 3 is 2.64 bits per heavy atom. The van der Waals surface area contributed by atoms with E-state index in [2.05, 4.69) is 0 Å². The largest absolute Gasteiger partial charge is 0.317 e. The van der Waals surface area contributed by atoms with Gasteiger partial charge in [0.15, 0.2) is 0 Å². The third-order valence-electron chi connectivity index (χ3n) is 1.45. The molecular formula is C9H12ClO2PS.